The van der Waals surface area contributed by atoms with Crippen molar-refractivity contribution in [2.24, 2.45) is 5.90 Å². The van der Waals surface area contributed by atoms with E-state index in [0.717, 1.165) is 0 Å². The molecule has 0 aromatic heterocycles. The van der Waals surface area contributed by atoms with Crippen molar-refractivity contribution in [1.82, 2.24) is 0 Å². The maximum absolute atomic E-state index is 12.8. The van der Waals surface area contributed by atoms with Gasteiger partial charge in [0.2, 0.25) is 0 Å². The van der Waals surface area contributed by atoms with Gasteiger partial charge in [-0.1, -0.05) is 11.6 Å². The Morgan fingerprint density at radius 3 is 2.77 bits per heavy atom. The molecule has 0 fully saturated rings. The van der Waals surface area contributed by atoms with Crippen molar-refractivity contribution >= 4 is 11.6 Å². The van der Waals surface area contributed by atoms with Gasteiger partial charge in [-0.2, -0.15) is 0 Å². The summed E-state index contributed by atoms with van der Waals surface area (Å²) in [4.78, 5) is 4.38. The molecular formula is C8H9ClFNO2. The molecule has 0 aliphatic carbocycles. The lowest BCUT2D eigenvalue weighted by Gasteiger charge is -2.08. The van der Waals surface area contributed by atoms with Crippen molar-refractivity contribution in [2.75, 3.05) is 7.11 Å². The Kier molecular flexibility index (Phi) is 3.48. The van der Waals surface area contributed by atoms with Crippen LogP contribution in [-0.4, -0.2) is 7.11 Å². The topological polar surface area (TPSA) is 44.5 Å². The Morgan fingerprint density at radius 2 is 2.23 bits per heavy atom. The third-order valence-electron chi connectivity index (χ3n) is 1.53. The summed E-state index contributed by atoms with van der Waals surface area (Å²) in [5.41, 5.74) is 0.481. The second-order valence-electron chi connectivity index (χ2n) is 2.39. The highest BCUT2D eigenvalue weighted by atomic mass is 35.5. The van der Waals surface area contributed by atoms with E-state index >= 15 is 0 Å². The van der Waals surface area contributed by atoms with Gasteiger partial charge < -0.3 is 4.74 Å². The van der Waals surface area contributed by atoms with Crippen LogP contribution >= 0.6 is 11.6 Å². The van der Waals surface area contributed by atoms with Crippen molar-refractivity contribution < 1.29 is 14.0 Å². The van der Waals surface area contributed by atoms with Crippen molar-refractivity contribution in [3.63, 3.8) is 0 Å². The molecule has 0 spiro atoms. The number of rotatable bonds is 3. The van der Waals surface area contributed by atoms with Crippen LogP contribution in [0.25, 0.3) is 0 Å². The zero-order valence-electron chi connectivity index (χ0n) is 7.01. The predicted octanol–water partition coefficient (Wildman–Crippen LogP) is 1.88. The minimum absolute atomic E-state index is 0.0562. The maximum atomic E-state index is 12.8. The summed E-state index contributed by atoms with van der Waals surface area (Å²) < 4.78 is 17.8. The van der Waals surface area contributed by atoms with E-state index in [1.807, 2.05) is 0 Å². The van der Waals surface area contributed by atoms with Gasteiger partial charge in [0, 0.05) is 5.56 Å². The number of hydrogen-bond donors (Lipinski definition) is 1. The zero-order chi connectivity index (χ0) is 9.84. The minimum Gasteiger partial charge on any atom is -0.495 e. The van der Waals surface area contributed by atoms with Gasteiger partial charge in [0.05, 0.1) is 18.7 Å². The summed E-state index contributed by atoms with van der Waals surface area (Å²) in [5.74, 6) is 4.80. The molecule has 0 heterocycles. The summed E-state index contributed by atoms with van der Waals surface area (Å²) in [6.07, 6.45) is 0. The van der Waals surface area contributed by atoms with E-state index in [2.05, 4.69) is 4.84 Å². The van der Waals surface area contributed by atoms with Gasteiger partial charge in [0.15, 0.2) is 0 Å². The number of nitrogens with two attached hydrogens (primary N) is 1. The summed E-state index contributed by atoms with van der Waals surface area (Å²) >= 11 is 5.71. The van der Waals surface area contributed by atoms with Crippen LogP contribution in [-0.2, 0) is 11.4 Å². The minimum atomic E-state index is -0.446. The van der Waals surface area contributed by atoms with Gasteiger partial charge in [0.1, 0.15) is 11.6 Å². The molecule has 0 amide bonds. The first-order valence-corrected chi connectivity index (χ1v) is 3.90. The third-order valence-corrected chi connectivity index (χ3v) is 1.81. The third kappa shape index (κ3) is 2.30. The highest BCUT2D eigenvalue weighted by Gasteiger charge is 2.09. The fourth-order valence-electron chi connectivity index (χ4n) is 1.04. The van der Waals surface area contributed by atoms with Crippen LogP contribution in [0.2, 0.25) is 5.02 Å². The molecule has 5 heteroatoms. The lowest BCUT2D eigenvalue weighted by Crippen LogP contribution is -2.02. The number of hydrogen-bond acceptors (Lipinski definition) is 3. The average molecular weight is 206 g/mol. The largest absolute Gasteiger partial charge is 0.495 e. The van der Waals surface area contributed by atoms with E-state index in [4.69, 9.17) is 22.2 Å². The van der Waals surface area contributed by atoms with Crippen LogP contribution in [0.1, 0.15) is 5.56 Å². The molecule has 13 heavy (non-hydrogen) atoms. The van der Waals surface area contributed by atoms with Crippen LogP contribution in [0.15, 0.2) is 12.1 Å². The van der Waals surface area contributed by atoms with Crippen LogP contribution in [0.5, 0.6) is 5.75 Å². The summed E-state index contributed by atoms with van der Waals surface area (Å²) in [6, 6.07) is 2.43. The molecule has 1 aromatic rings. The van der Waals surface area contributed by atoms with E-state index < -0.39 is 5.82 Å². The highest BCUT2D eigenvalue weighted by molar-refractivity contribution is 6.32. The number of benzene rings is 1. The van der Waals surface area contributed by atoms with Gasteiger partial charge in [-0.3, -0.25) is 4.84 Å². The first-order chi connectivity index (χ1) is 6.19. The normalized spacial score (nSPS) is 10.2. The van der Waals surface area contributed by atoms with Gasteiger partial charge in [-0.05, 0) is 12.1 Å². The Bertz CT molecular complexity index is 306. The van der Waals surface area contributed by atoms with E-state index in [1.165, 1.54) is 19.2 Å². The van der Waals surface area contributed by atoms with Gasteiger partial charge in [-0.25, -0.2) is 10.3 Å². The number of methoxy groups -OCH3 is 1. The summed E-state index contributed by atoms with van der Waals surface area (Å²) in [6.45, 7) is 0.0562. The second kappa shape index (κ2) is 4.41. The molecule has 0 radical (unpaired) electrons. The molecule has 0 unspecified atom stereocenters. The quantitative estimate of drug-likeness (QED) is 0.767. The smallest absolute Gasteiger partial charge is 0.143 e. The Hall–Kier alpha value is -0.840. The Morgan fingerprint density at radius 1 is 1.54 bits per heavy atom. The van der Waals surface area contributed by atoms with Crippen LogP contribution in [0.4, 0.5) is 4.39 Å². The maximum Gasteiger partial charge on any atom is 0.143 e. The van der Waals surface area contributed by atoms with Crippen molar-refractivity contribution in [3.8, 4) is 5.75 Å². The zero-order valence-corrected chi connectivity index (χ0v) is 7.77. The Labute approximate surface area is 80.2 Å². The lowest BCUT2D eigenvalue weighted by molar-refractivity contribution is 0.122. The molecule has 0 aliphatic heterocycles. The molecule has 2 N–H and O–H groups in total. The molecule has 3 nitrogen and oxygen atoms in total. The van der Waals surface area contributed by atoms with Gasteiger partial charge in [0.25, 0.3) is 0 Å². The lowest BCUT2D eigenvalue weighted by atomic mass is 10.2. The van der Waals surface area contributed by atoms with Crippen molar-refractivity contribution in [3.05, 3.63) is 28.5 Å². The number of halogens is 2. The molecule has 1 rings (SSSR count). The standard InChI is InChI=1S/C8H9ClFNO2/c1-12-8-5(4-13-11)2-6(10)3-7(8)9/h2-3H,4,11H2,1H3. The first-order valence-electron chi connectivity index (χ1n) is 3.52. The molecule has 0 aliphatic rings. The highest BCUT2D eigenvalue weighted by Crippen LogP contribution is 2.29. The molecule has 0 bridgehead atoms. The van der Waals surface area contributed by atoms with Crippen LogP contribution in [0, 0.1) is 5.82 Å². The van der Waals surface area contributed by atoms with Gasteiger partial charge >= 0.3 is 0 Å². The monoisotopic (exact) mass is 205 g/mol. The fraction of sp³-hybridized carbons (Fsp3) is 0.250. The SMILES string of the molecule is COc1c(Cl)cc(F)cc1CON. The van der Waals surface area contributed by atoms with Crippen molar-refractivity contribution in [1.29, 1.82) is 0 Å². The summed E-state index contributed by atoms with van der Waals surface area (Å²) in [5, 5.41) is 0.203. The van der Waals surface area contributed by atoms with Crippen molar-refractivity contribution in [2.45, 2.75) is 6.61 Å². The summed E-state index contributed by atoms with van der Waals surface area (Å²) in [7, 11) is 1.44. The Balaban J connectivity index is 3.13. The average Bonchev–Trinajstić information content (AvgIpc) is 2.04. The molecular weight excluding hydrogens is 197 g/mol. The van der Waals surface area contributed by atoms with E-state index in [1.54, 1.807) is 0 Å². The van der Waals surface area contributed by atoms with E-state index in [0.29, 0.717) is 11.3 Å². The predicted molar refractivity (Wildman–Crippen MR) is 46.9 cm³/mol. The molecule has 0 saturated heterocycles. The first kappa shape index (κ1) is 10.2. The van der Waals surface area contributed by atoms with Crippen LogP contribution in [0.3, 0.4) is 0 Å². The van der Waals surface area contributed by atoms with E-state index in [9.17, 15) is 4.39 Å². The molecule has 0 saturated carbocycles. The molecule has 1 aromatic carbocycles. The molecule has 72 valence electrons. The van der Waals surface area contributed by atoms with Crippen LogP contribution < -0.4 is 10.6 Å². The second-order valence-corrected chi connectivity index (χ2v) is 2.80. The fourth-order valence-corrected chi connectivity index (χ4v) is 1.34. The number of ether oxygens (including phenoxy) is 1. The van der Waals surface area contributed by atoms with E-state index in [-0.39, 0.29) is 11.6 Å². The van der Waals surface area contributed by atoms with Gasteiger partial charge in [-0.15, -0.1) is 0 Å². The molecule has 0 atom stereocenters.